The van der Waals surface area contributed by atoms with Crippen LogP contribution < -0.4 is 15.5 Å². The predicted octanol–water partition coefficient (Wildman–Crippen LogP) is 3.25. The van der Waals surface area contributed by atoms with Gasteiger partial charge in [-0.15, -0.1) is 5.10 Å². The van der Waals surface area contributed by atoms with E-state index in [1.165, 1.54) is 11.8 Å². The number of rotatable bonds is 7. The molecule has 1 aliphatic heterocycles. The Hall–Kier alpha value is -4.45. The summed E-state index contributed by atoms with van der Waals surface area (Å²) >= 11 is 1.43. The van der Waals surface area contributed by atoms with E-state index in [-0.39, 0.29) is 5.91 Å². The van der Waals surface area contributed by atoms with Crippen molar-refractivity contribution in [3.8, 4) is 5.69 Å². The van der Waals surface area contributed by atoms with Crippen LogP contribution in [0.3, 0.4) is 0 Å². The average molecular weight is 531 g/mol. The van der Waals surface area contributed by atoms with Crippen molar-refractivity contribution in [2.45, 2.75) is 17.7 Å². The maximum atomic E-state index is 13.5. The summed E-state index contributed by atoms with van der Waals surface area (Å²) in [5.74, 6) is 0.444. The number of carbonyl (C=O) groups is 2. The van der Waals surface area contributed by atoms with Crippen molar-refractivity contribution in [2.75, 3.05) is 36.2 Å². The minimum atomic E-state index is -0.888. The SMILES string of the molecule is CSc1ncc2c(n1)N(C)CCN(c1cccc(-n3cc(C(Cc4ccccc4)OC(N)=O)nn3)c1)C2=O. The molecule has 0 bridgehead atoms. The molecule has 12 heteroatoms. The molecule has 2 amide bonds. The van der Waals surface area contributed by atoms with Crippen molar-refractivity contribution in [3.63, 3.8) is 0 Å². The molecule has 0 fully saturated rings. The minimum Gasteiger partial charge on any atom is -0.439 e. The number of ether oxygens (including phenoxy) is 1. The number of carbonyl (C=O) groups excluding carboxylic acids is 2. The molecule has 4 aromatic rings. The molecule has 0 saturated carbocycles. The van der Waals surface area contributed by atoms with Gasteiger partial charge in [0.25, 0.3) is 5.91 Å². The first-order valence-electron chi connectivity index (χ1n) is 11.9. The van der Waals surface area contributed by atoms with Crippen LogP contribution >= 0.6 is 11.8 Å². The van der Waals surface area contributed by atoms with E-state index in [4.69, 9.17) is 10.5 Å². The van der Waals surface area contributed by atoms with Crippen LogP contribution in [0.1, 0.15) is 27.7 Å². The summed E-state index contributed by atoms with van der Waals surface area (Å²) in [4.78, 5) is 37.6. The fourth-order valence-electron chi connectivity index (χ4n) is 4.28. The number of nitrogens with zero attached hydrogens (tertiary/aromatic N) is 7. The molecule has 0 aliphatic carbocycles. The summed E-state index contributed by atoms with van der Waals surface area (Å²) in [5.41, 5.74) is 8.59. The van der Waals surface area contributed by atoms with Crippen molar-refractivity contribution >= 4 is 35.3 Å². The van der Waals surface area contributed by atoms with Gasteiger partial charge in [0.15, 0.2) is 11.3 Å². The van der Waals surface area contributed by atoms with Crippen LogP contribution in [0.5, 0.6) is 0 Å². The molecule has 2 N–H and O–H groups in total. The molecule has 0 spiro atoms. The highest BCUT2D eigenvalue weighted by atomic mass is 32.2. The van der Waals surface area contributed by atoms with E-state index in [2.05, 4.69) is 20.3 Å². The maximum Gasteiger partial charge on any atom is 0.405 e. The molecule has 194 valence electrons. The van der Waals surface area contributed by atoms with E-state index in [0.29, 0.717) is 53.1 Å². The van der Waals surface area contributed by atoms with E-state index in [1.54, 1.807) is 22.0 Å². The average Bonchev–Trinajstić information content (AvgIpc) is 3.39. The largest absolute Gasteiger partial charge is 0.439 e. The van der Waals surface area contributed by atoms with Gasteiger partial charge in [0.1, 0.15) is 17.1 Å². The van der Waals surface area contributed by atoms with Gasteiger partial charge in [-0.25, -0.2) is 19.4 Å². The highest BCUT2D eigenvalue weighted by molar-refractivity contribution is 7.98. The second kappa shape index (κ2) is 10.9. The topological polar surface area (TPSA) is 132 Å². The Balaban J connectivity index is 1.42. The zero-order valence-electron chi connectivity index (χ0n) is 20.9. The summed E-state index contributed by atoms with van der Waals surface area (Å²) in [6.07, 6.45) is 4.00. The summed E-state index contributed by atoms with van der Waals surface area (Å²) in [6.45, 7) is 1.07. The molecule has 5 rings (SSSR count). The van der Waals surface area contributed by atoms with E-state index in [1.807, 2.05) is 72.8 Å². The molecule has 1 aliphatic rings. The summed E-state index contributed by atoms with van der Waals surface area (Å²) in [6, 6.07) is 17.0. The molecule has 0 saturated heterocycles. The Bertz CT molecular complexity index is 1460. The van der Waals surface area contributed by atoms with Crippen molar-refractivity contribution in [1.29, 1.82) is 0 Å². The van der Waals surface area contributed by atoms with Gasteiger partial charge >= 0.3 is 6.09 Å². The normalized spacial score (nSPS) is 14.1. The molecule has 38 heavy (non-hydrogen) atoms. The van der Waals surface area contributed by atoms with Crippen LogP contribution in [0, 0.1) is 0 Å². The van der Waals surface area contributed by atoms with Crippen LogP contribution in [0.4, 0.5) is 16.3 Å². The lowest BCUT2D eigenvalue weighted by atomic mass is 10.1. The zero-order chi connectivity index (χ0) is 26.6. The number of hydrogen-bond acceptors (Lipinski definition) is 9. The number of hydrogen-bond donors (Lipinski definition) is 1. The van der Waals surface area contributed by atoms with E-state index >= 15 is 0 Å². The van der Waals surface area contributed by atoms with Crippen LogP contribution in [0.25, 0.3) is 5.69 Å². The minimum absolute atomic E-state index is 0.175. The van der Waals surface area contributed by atoms with Crippen LogP contribution in [0.15, 0.2) is 72.1 Å². The first-order valence-corrected chi connectivity index (χ1v) is 13.1. The first-order chi connectivity index (χ1) is 18.4. The van der Waals surface area contributed by atoms with Gasteiger partial charge < -0.3 is 20.3 Å². The molecule has 3 heterocycles. The lowest BCUT2D eigenvalue weighted by molar-refractivity contribution is 0.0988. The lowest BCUT2D eigenvalue weighted by Crippen LogP contribution is -2.33. The molecule has 1 unspecified atom stereocenters. The number of benzene rings is 2. The number of aromatic nitrogens is 5. The third-order valence-electron chi connectivity index (χ3n) is 6.19. The van der Waals surface area contributed by atoms with Gasteiger partial charge in [0, 0.05) is 38.4 Å². The molecule has 1 atom stereocenters. The number of primary amides is 1. The summed E-state index contributed by atoms with van der Waals surface area (Å²) < 4.78 is 6.93. The van der Waals surface area contributed by atoms with Crippen LogP contribution in [-0.4, -0.2) is 63.4 Å². The van der Waals surface area contributed by atoms with Gasteiger partial charge in [-0.2, -0.15) is 0 Å². The fourth-order valence-corrected chi connectivity index (χ4v) is 4.61. The van der Waals surface area contributed by atoms with Crippen molar-refractivity contribution in [2.24, 2.45) is 5.73 Å². The monoisotopic (exact) mass is 530 g/mol. The highest BCUT2D eigenvalue weighted by Gasteiger charge is 2.28. The molecular weight excluding hydrogens is 504 g/mol. The maximum absolute atomic E-state index is 13.5. The molecule has 2 aromatic carbocycles. The lowest BCUT2D eigenvalue weighted by Gasteiger charge is -2.21. The number of nitrogens with two attached hydrogens (primary N) is 1. The second-order valence-electron chi connectivity index (χ2n) is 8.70. The predicted molar refractivity (Wildman–Crippen MR) is 144 cm³/mol. The fraction of sp³-hybridized carbons (Fsp3) is 0.231. The Morgan fingerprint density at radius 2 is 1.92 bits per heavy atom. The van der Waals surface area contributed by atoms with Gasteiger partial charge in [0.2, 0.25) is 0 Å². The number of thioether (sulfide) groups is 1. The van der Waals surface area contributed by atoms with Gasteiger partial charge in [0.05, 0.1) is 11.9 Å². The van der Waals surface area contributed by atoms with Crippen molar-refractivity contribution in [3.05, 3.63) is 83.8 Å². The third-order valence-corrected chi connectivity index (χ3v) is 6.76. The van der Waals surface area contributed by atoms with Crippen LogP contribution in [0.2, 0.25) is 0 Å². The van der Waals surface area contributed by atoms with Crippen molar-refractivity contribution in [1.82, 2.24) is 25.0 Å². The number of amides is 2. The smallest absolute Gasteiger partial charge is 0.405 e. The summed E-state index contributed by atoms with van der Waals surface area (Å²) in [5, 5.41) is 9.11. The van der Waals surface area contributed by atoms with Gasteiger partial charge in [-0.05, 0) is 30.0 Å². The highest BCUT2D eigenvalue weighted by Crippen LogP contribution is 2.28. The molecular formula is C26H26N8O3S. The number of likely N-dealkylation sites (N-methyl/N-ethyl adjacent to an activating group) is 1. The van der Waals surface area contributed by atoms with E-state index in [0.717, 1.165) is 5.56 Å². The zero-order valence-corrected chi connectivity index (χ0v) is 21.7. The summed E-state index contributed by atoms with van der Waals surface area (Å²) in [7, 11) is 1.92. The molecule has 11 nitrogen and oxygen atoms in total. The van der Waals surface area contributed by atoms with Gasteiger partial charge in [-0.1, -0.05) is 53.4 Å². The second-order valence-corrected chi connectivity index (χ2v) is 9.47. The van der Waals surface area contributed by atoms with Gasteiger partial charge in [-0.3, -0.25) is 4.79 Å². The number of anilines is 2. The van der Waals surface area contributed by atoms with E-state index < -0.39 is 12.2 Å². The van der Waals surface area contributed by atoms with Crippen molar-refractivity contribution < 1.29 is 14.3 Å². The third kappa shape index (κ3) is 5.30. The Kier molecular flexibility index (Phi) is 7.22. The Labute approximate surface area is 223 Å². The first kappa shape index (κ1) is 25.2. The molecule has 0 radical (unpaired) electrons. The van der Waals surface area contributed by atoms with E-state index in [9.17, 15) is 9.59 Å². The quantitative estimate of drug-likeness (QED) is 0.282. The standard InChI is InChI=1S/C26H26N8O3S/c1-32-11-12-33(24(35)20-15-28-26(38-2)29-23(20)32)18-9-6-10-19(14-18)34-16-21(30-31-34)22(37-25(27)36)13-17-7-4-3-5-8-17/h3-10,14-16,22H,11-13H2,1-2H3,(H2,27,36). The Morgan fingerprint density at radius 1 is 1.13 bits per heavy atom. The Morgan fingerprint density at radius 3 is 2.68 bits per heavy atom. The van der Waals surface area contributed by atoms with Crippen LogP contribution in [-0.2, 0) is 11.2 Å². The number of fused-ring (bicyclic) bond motifs is 1. The molecule has 2 aromatic heterocycles.